The molecule has 4 nitrogen and oxygen atoms in total. The van der Waals surface area contributed by atoms with Crippen LogP contribution in [0.3, 0.4) is 0 Å². The van der Waals surface area contributed by atoms with Crippen molar-refractivity contribution in [1.82, 2.24) is 9.88 Å². The lowest BCUT2D eigenvalue weighted by molar-refractivity contribution is 0.395. The fourth-order valence-corrected chi connectivity index (χ4v) is 2.66. The van der Waals surface area contributed by atoms with Crippen molar-refractivity contribution in [2.45, 2.75) is 19.9 Å². The molecule has 1 unspecified atom stereocenters. The number of aryl methyl sites for hydroxylation is 1. The maximum absolute atomic E-state index is 5.67. The Kier molecular flexibility index (Phi) is 4.19. The first-order valence-electron chi connectivity index (χ1n) is 6.66. The summed E-state index contributed by atoms with van der Waals surface area (Å²) in [6.07, 6.45) is 1.29. The van der Waals surface area contributed by atoms with E-state index in [1.807, 2.05) is 6.92 Å². The minimum Gasteiger partial charge on any atom is -0.359 e. The van der Waals surface area contributed by atoms with Gasteiger partial charge in [0, 0.05) is 32.4 Å². The molecule has 0 radical (unpaired) electrons. The molecule has 4 heteroatoms. The van der Waals surface area contributed by atoms with E-state index in [4.69, 9.17) is 5.73 Å². The molecule has 1 aliphatic rings. The number of anilines is 1. The van der Waals surface area contributed by atoms with Gasteiger partial charge in [-0.1, -0.05) is 6.07 Å². The van der Waals surface area contributed by atoms with Crippen molar-refractivity contribution in [2.24, 2.45) is 11.7 Å². The van der Waals surface area contributed by atoms with Crippen LogP contribution in [0.15, 0.2) is 12.1 Å². The SMILES string of the molecule is Cc1nc(N(C)CC2CCN(C)C2)ccc1CN. The molecule has 1 aliphatic heterocycles. The zero-order valence-electron chi connectivity index (χ0n) is 11.7. The molecule has 0 aliphatic carbocycles. The topological polar surface area (TPSA) is 45.4 Å². The Hall–Kier alpha value is -1.13. The molecule has 2 heterocycles. The molecular formula is C14H24N4. The minimum atomic E-state index is 0.566. The highest BCUT2D eigenvalue weighted by Gasteiger charge is 2.21. The van der Waals surface area contributed by atoms with Crippen molar-refractivity contribution in [3.05, 3.63) is 23.4 Å². The first-order chi connectivity index (χ1) is 8.60. The van der Waals surface area contributed by atoms with Crippen LogP contribution < -0.4 is 10.6 Å². The normalized spacial score (nSPS) is 20.3. The second kappa shape index (κ2) is 5.67. The Morgan fingerprint density at radius 3 is 2.83 bits per heavy atom. The van der Waals surface area contributed by atoms with Crippen LogP contribution in [-0.4, -0.2) is 43.6 Å². The third-order valence-electron chi connectivity index (χ3n) is 3.81. The molecule has 1 saturated heterocycles. The summed E-state index contributed by atoms with van der Waals surface area (Å²) in [6, 6.07) is 4.17. The van der Waals surface area contributed by atoms with Crippen molar-refractivity contribution < 1.29 is 0 Å². The molecule has 0 spiro atoms. The number of aromatic nitrogens is 1. The van der Waals surface area contributed by atoms with Gasteiger partial charge in [-0.25, -0.2) is 4.98 Å². The number of nitrogens with zero attached hydrogens (tertiary/aromatic N) is 3. The lowest BCUT2D eigenvalue weighted by Gasteiger charge is -2.23. The van der Waals surface area contributed by atoms with Crippen LogP contribution in [0.5, 0.6) is 0 Å². The first-order valence-corrected chi connectivity index (χ1v) is 6.66. The molecule has 2 rings (SSSR count). The maximum atomic E-state index is 5.67. The number of hydrogen-bond acceptors (Lipinski definition) is 4. The highest BCUT2D eigenvalue weighted by Crippen LogP contribution is 2.19. The lowest BCUT2D eigenvalue weighted by Crippen LogP contribution is -2.28. The van der Waals surface area contributed by atoms with E-state index in [0.717, 1.165) is 29.5 Å². The summed E-state index contributed by atoms with van der Waals surface area (Å²) in [5.41, 5.74) is 7.84. The molecule has 100 valence electrons. The number of pyridine rings is 1. The van der Waals surface area contributed by atoms with Gasteiger partial charge >= 0.3 is 0 Å². The van der Waals surface area contributed by atoms with E-state index in [1.54, 1.807) is 0 Å². The van der Waals surface area contributed by atoms with Crippen LogP contribution in [-0.2, 0) is 6.54 Å². The van der Waals surface area contributed by atoms with Crippen molar-refractivity contribution >= 4 is 5.82 Å². The van der Waals surface area contributed by atoms with Gasteiger partial charge in [-0.2, -0.15) is 0 Å². The summed E-state index contributed by atoms with van der Waals surface area (Å²) >= 11 is 0. The quantitative estimate of drug-likeness (QED) is 0.870. The largest absolute Gasteiger partial charge is 0.359 e. The highest BCUT2D eigenvalue weighted by molar-refractivity contribution is 5.40. The average Bonchev–Trinajstić information content (AvgIpc) is 2.74. The molecule has 0 aromatic carbocycles. The minimum absolute atomic E-state index is 0.566. The summed E-state index contributed by atoms with van der Waals surface area (Å²) in [6.45, 7) is 6.10. The summed E-state index contributed by atoms with van der Waals surface area (Å²) in [5, 5.41) is 0. The number of hydrogen-bond donors (Lipinski definition) is 1. The predicted octanol–water partition coefficient (Wildman–Crippen LogP) is 1.24. The predicted molar refractivity (Wildman–Crippen MR) is 75.7 cm³/mol. The maximum Gasteiger partial charge on any atom is 0.128 e. The second-order valence-corrected chi connectivity index (χ2v) is 5.42. The van der Waals surface area contributed by atoms with Gasteiger partial charge in [0.25, 0.3) is 0 Å². The van der Waals surface area contributed by atoms with Crippen LogP contribution in [0, 0.1) is 12.8 Å². The Balaban J connectivity index is 2.00. The van der Waals surface area contributed by atoms with E-state index in [2.05, 4.69) is 41.0 Å². The van der Waals surface area contributed by atoms with Gasteiger partial charge in [0.05, 0.1) is 0 Å². The molecule has 1 fully saturated rings. The van der Waals surface area contributed by atoms with Gasteiger partial charge in [-0.3, -0.25) is 0 Å². The van der Waals surface area contributed by atoms with Gasteiger partial charge in [-0.15, -0.1) is 0 Å². The molecule has 0 saturated carbocycles. The Morgan fingerprint density at radius 2 is 2.28 bits per heavy atom. The zero-order valence-corrected chi connectivity index (χ0v) is 11.7. The van der Waals surface area contributed by atoms with Crippen LogP contribution in [0.1, 0.15) is 17.7 Å². The molecule has 1 aromatic rings. The molecule has 2 N–H and O–H groups in total. The summed E-state index contributed by atoms with van der Waals surface area (Å²) < 4.78 is 0. The van der Waals surface area contributed by atoms with Crippen molar-refractivity contribution in [2.75, 3.05) is 38.6 Å². The van der Waals surface area contributed by atoms with Crippen LogP contribution in [0.4, 0.5) is 5.82 Å². The number of rotatable bonds is 4. The van der Waals surface area contributed by atoms with Gasteiger partial charge in [0.2, 0.25) is 0 Å². The molecule has 0 amide bonds. The first kappa shape index (κ1) is 13.3. The van der Waals surface area contributed by atoms with E-state index in [9.17, 15) is 0 Å². The van der Waals surface area contributed by atoms with Gasteiger partial charge in [0.15, 0.2) is 0 Å². The highest BCUT2D eigenvalue weighted by atomic mass is 15.2. The smallest absolute Gasteiger partial charge is 0.128 e. The van der Waals surface area contributed by atoms with Crippen molar-refractivity contribution in [3.63, 3.8) is 0 Å². The molecule has 1 aromatic heterocycles. The summed E-state index contributed by atoms with van der Waals surface area (Å²) in [4.78, 5) is 9.30. The molecule has 0 bridgehead atoms. The standard InChI is InChI=1S/C14H24N4/c1-11-13(8-15)4-5-14(16-11)18(3)10-12-6-7-17(2)9-12/h4-5,12H,6-10,15H2,1-3H3. The van der Waals surface area contributed by atoms with Gasteiger partial charge in [-0.05, 0) is 44.5 Å². The van der Waals surface area contributed by atoms with Gasteiger partial charge < -0.3 is 15.5 Å². The molecule has 18 heavy (non-hydrogen) atoms. The summed E-state index contributed by atoms with van der Waals surface area (Å²) in [5.74, 6) is 1.82. The average molecular weight is 248 g/mol. The number of nitrogens with two attached hydrogens (primary N) is 1. The van der Waals surface area contributed by atoms with Gasteiger partial charge in [0.1, 0.15) is 5.82 Å². The zero-order chi connectivity index (χ0) is 13.1. The fourth-order valence-electron chi connectivity index (χ4n) is 2.66. The Morgan fingerprint density at radius 1 is 1.50 bits per heavy atom. The third-order valence-corrected chi connectivity index (χ3v) is 3.81. The van der Waals surface area contributed by atoms with E-state index in [1.165, 1.54) is 19.5 Å². The third kappa shape index (κ3) is 3.00. The molecular weight excluding hydrogens is 224 g/mol. The van der Waals surface area contributed by atoms with Crippen molar-refractivity contribution in [1.29, 1.82) is 0 Å². The van der Waals surface area contributed by atoms with Crippen LogP contribution in [0.2, 0.25) is 0 Å². The molecule has 1 atom stereocenters. The lowest BCUT2D eigenvalue weighted by atomic mass is 10.1. The fraction of sp³-hybridized carbons (Fsp3) is 0.643. The van der Waals surface area contributed by atoms with E-state index in [-0.39, 0.29) is 0 Å². The number of likely N-dealkylation sites (tertiary alicyclic amines) is 1. The van der Waals surface area contributed by atoms with E-state index < -0.39 is 0 Å². The Bertz CT molecular complexity index is 405. The van der Waals surface area contributed by atoms with Crippen LogP contribution >= 0.6 is 0 Å². The van der Waals surface area contributed by atoms with Crippen LogP contribution in [0.25, 0.3) is 0 Å². The second-order valence-electron chi connectivity index (χ2n) is 5.42. The summed E-state index contributed by atoms with van der Waals surface area (Å²) in [7, 11) is 4.32. The van der Waals surface area contributed by atoms with E-state index >= 15 is 0 Å². The Labute approximate surface area is 110 Å². The monoisotopic (exact) mass is 248 g/mol. The van der Waals surface area contributed by atoms with Crippen molar-refractivity contribution in [3.8, 4) is 0 Å². The van der Waals surface area contributed by atoms with E-state index in [0.29, 0.717) is 6.54 Å².